The maximum absolute atomic E-state index is 13.7. The second-order valence-corrected chi connectivity index (χ2v) is 8.57. The van der Waals surface area contributed by atoms with Crippen molar-refractivity contribution in [2.45, 2.75) is 25.8 Å². The lowest BCUT2D eigenvalue weighted by Gasteiger charge is -2.32. The molecule has 2 amide bonds. The standard InChI is InChI=1S/C27H22F2N4O2/c1-15-4-3-5-18(14-15)26(34)30-24-23(17-6-8-19(28)9-7-17)22-16(2)32-33(25(22)31-27(24)35)21-12-10-20(29)11-13-21/h3-14,23-24H,1-2H3,(H,30,34)(H,31,35)/t23-,24+/m1/s1. The molecule has 0 unspecified atom stereocenters. The van der Waals surface area contributed by atoms with Gasteiger partial charge in [0.25, 0.3) is 5.91 Å². The van der Waals surface area contributed by atoms with Crippen molar-refractivity contribution in [1.82, 2.24) is 15.1 Å². The van der Waals surface area contributed by atoms with Gasteiger partial charge in [0, 0.05) is 17.0 Å². The molecule has 35 heavy (non-hydrogen) atoms. The monoisotopic (exact) mass is 472 g/mol. The molecule has 2 N–H and O–H groups in total. The molecule has 0 fully saturated rings. The molecule has 0 saturated heterocycles. The molecule has 3 aromatic carbocycles. The Morgan fingerprint density at radius 3 is 2.29 bits per heavy atom. The fraction of sp³-hybridized carbons (Fsp3) is 0.148. The largest absolute Gasteiger partial charge is 0.339 e. The fourth-order valence-corrected chi connectivity index (χ4v) is 4.50. The summed E-state index contributed by atoms with van der Waals surface area (Å²) in [6.07, 6.45) is 0. The number of hydrogen-bond acceptors (Lipinski definition) is 3. The number of aryl methyl sites for hydroxylation is 2. The van der Waals surface area contributed by atoms with Crippen LogP contribution < -0.4 is 10.6 Å². The van der Waals surface area contributed by atoms with Gasteiger partial charge < -0.3 is 10.6 Å². The highest BCUT2D eigenvalue weighted by Gasteiger charge is 2.41. The van der Waals surface area contributed by atoms with Gasteiger partial charge in [0.1, 0.15) is 23.5 Å². The van der Waals surface area contributed by atoms with Gasteiger partial charge in [-0.2, -0.15) is 5.10 Å². The van der Waals surface area contributed by atoms with E-state index in [9.17, 15) is 18.4 Å². The summed E-state index contributed by atoms with van der Waals surface area (Å²) in [4.78, 5) is 26.5. The van der Waals surface area contributed by atoms with Crippen molar-refractivity contribution in [3.05, 3.63) is 112 Å². The first-order valence-electron chi connectivity index (χ1n) is 11.1. The van der Waals surface area contributed by atoms with E-state index < -0.39 is 35.4 Å². The molecule has 5 rings (SSSR count). The molecule has 176 valence electrons. The highest BCUT2D eigenvalue weighted by atomic mass is 19.1. The molecule has 0 bridgehead atoms. The van der Waals surface area contributed by atoms with E-state index in [0.29, 0.717) is 33.9 Å². The first kappa shape index (κ1) is 22.5. The first-order chi connectivity index (χ1) is 16.8. The molecule has 2 atom stereocenters. The predicted molar refractivity (Wildman–Crippen MR) is 128 cm³/mol. The molecule has 0 spiro atoms. The smallest absolute Gasteiger partial charge is 0.251 e. The lowest BCUT2D eigenvalue weighted by atomic mass is 9.82. The van der Waals surface area contributed by atoms with Crippen molar-refractivity contribution in [3.8, 4) is 5.69 Å². The zero-order chi connectivity index (χ0) is 24.7. The van der Waals surface area contributed by atoms with E-state index in [1.54, 1.807) is 49.4 Å². The van der Waals surface area contributed by atoms with Gasteiger partial charge in [-0.3, -0.25) is 9.59 Å². The minimum Gasteiger partial charge on any atom is -0.339 e. The summed E-state index contributed by atoms with van der Waals surface area (Å²) in [6.45, 7) is 3.68. The zero-order valence-electron chi connectivity index (χ0n) is 19.0. The SMILES string of the molecule is Cc1cccc(C(=O)N[C@@H]2C(=O)Nc3c(c(C)nn3-c3ccc(F)cc3)[C@H]2c2ccc(F)cc2)c1. The van der Waals surface area contributed by atoms with Crippen LogP contribution in [0.15, 0.2) is 72.8 Å². The van der Waals surface area contributed by atoms with Gasteiger partial charge in [0.15, 0.2) is 0 Å². The molecule has 0 aliphatic carbocycles. The number of carbonyl (C=O) groups excluding carboxylic acids is 2. The lowest BCUT2D eigenvalue weighted by molar-refractivity contribution is -0.118. The molecule has 6 nitrogen and oxygen atoms in total. The number of anilines is 1. The Kier molecular flexibility index (Phi) is 5.64. The summed E-state index contributed by atoms with van der Waals surface area (Å²) in [6, 6.07) is 17.7. The normalized spacial score (nSPS) is 17.0. The number of nitrogens with zero attached hydrogens (tertiary/aromatic N) is 2. The molecule has 1 aromatic heterocycles. The molecule has 1 aliphatic rings. The van der Waals surface area contributed by atoms with Gasteiger partial charge in [0.2, 0.25) is 5.91 Å². The zero-order valence-corrected chi connectivity index (χ0v) is 19.0. The Hall–Kier alpha value is -4.33. The van der Waals surface area contributed by atoms with E-state index in [-0.39, 0.29) is 0 Å². The van der Waals surface area contributed by atoms with E-state index in [0.717, 1.165) is 5.56 Å². The van der Waals surface area contributed by atoms with Gasteiger partial charge >= 0.3 is 0 Å². The second kappa shape index (κ2) is 8.79. The van der Waals surface area contributed by atoms with Crippen molar-refractivity contribution in [2.24, 2.45) is 0 Å². The van der Waals surface area contributed by atoms with E-state index in [1.807, 2.05) is 13.0 Å². The summed E-state index contributed by atoms with van der Waals surface area (Å²) in [5, 5.41) is 10.3. The third-order valence-corrected chi connectivity index (χ3v) is 6.14. The highest BCUT2D eigenvalue weighted by molar-refractivity contribution is 6.04. The summed E-state index contributed by atoms with van der Waals surface area (Å²) < 4.78 is 28.8. The summed E-state index contributed by atoms with van der Waals surface area (Å²) >= 11 is 0. The van der Waals surface area contributed by atoms with Crippen LogP contribution in [0.5, 0.6) is 0 Å². The summed E-state index contributed by atoms with van der Waals surface area (Å²) in [5.74, 6) is -1.83. The average molecular weight is 472 g/mol. The lowest BCUT2D eigenvalue weighted by Crippen LogP contribution is -2.50. The Bertz CT molecular complexity index is 1430. The predicted octanol–water partition coefficient (Wildman–Crippen LogP) is 4.65. The molecule has 1 aliphatic heterocycles. The van der Waals surface area contributed by atoms with Crippen molar-refractivity contribution >= 4 is 17.6 Å². The quantitative estimate of drug-likeness (QED) is 0.454. The number of hydrogen-bond donors (Lipinski definition) is 2. The van der Waals surface area contributed by atoms with Gasteiger partial charge in [-0.25, -0.2) is 13.5 Å². The van der Waals surface area contributed by atoms with Crippen molar-refractivity contribution in [2.75, 3.05) is 5.32 Å². The Balaban J connectivity index is 1.62. The van der Waals surface area contributed by atoms with Crippen molar-refractivity contribution < 1.29 is 18.4 Å². The number of benzene rings is 3. The molecular weight excluding hydrogens is 450 g/mol. The van der Waals surface area contributed by atoms with Crippen molar-refractivity contribution in [1.29, 1.82) is 0 Å². The summed E-state index contributed by atoms with van der Waals surface area (Å²) in [5.41, 5.74) is 3.87. The van der Waals surface area contributed by atoms with Crippen LogP contribution in [0.1, 0.15) is 38.7 Å². The average Bonchev–Trinajstić information content (AvgIpc) is 3.16. The third-order valence-electron chi connectivity index (χ3n) is 6.14. The molecule has 0 saturated carbocycles. The van der Waals surface area contributed by atoms with Gasteiger partial charge in [0.05, 0.1) is 11.4 Å². The van der Waals surface area contributed by atoms with Crippen molar-refractivity contribution in [3.63, 3.8) is 0 Å². The van der Waals surface area contributed by atoms with Crippen LogP contribution in [-0.2, 0) is 4.79 Å². The number of nitrogens with one attached hydrogen (secondary N) is 2. The van der Waals surface area contributed by atoms with Crippen LogP contribution in [0.3, 0.4) is 0 Å². The number of carbonyl (C=O) groups is 2. The topological polar surface area (TPSA) is 76.0 Å². The minimum absolute atomic E-state index is 0.390. The van der Waals surface area contributed by atoms with E-state index in [2.05, 4.69) is 15.7 Å². The molecule has 4 aromatic rings. The number of fused-ring (bicyclic) bond motifs is 1. The first-order valence-corrected chi connectivity index (χ1v) is 11.1. The maximum atomic E-state index is 13.7. The van der Waals surface area contributed by atoms with Gasteiger partial charge in [-0.15, -0.1) is 0 Å². The number of amides is 2. The number of aromatic nitrogens is 2. The van der Waals surface area contributed by atoms with Crippen LogP contribution in [0, 0.1) is 25.5 Å². The molecule has 2 heterocycles. The highest BCUT2D eigenvalue weighted by Crippen LogP contribution is 2.40. The molecular formula is C27H22F2N4O2. The van der Waals surface area contributed by atoms with Gasteiger partial charge in [-0.05, 0) is 67.9 Å². The Labute approximate surface area is 200 Å². The fourth-order valence-electron chi connectivity index (χ4n) is 4.50. The summed E-state index contributed by atoms with van der Waals surface area (Å²) in [7, 11) is 0. The van der Waals surface area contributed by atoms with Crippen LogP contribution in [0.4, 0.5) is 14.6 Å². The van der Waals surface area contributed by atoms with Crippen LogP contribution in [0.25, 0.3) is 5.69 Å². The minimum atomic E-state index is -0.967. The van der Waals surface area contributed by atoms with Crippen LogP contribution >= 0.6 is 0 Å². The van der Waals surface area contributed by atoms with Crippen LogP contribution in [0.2, 0.25) is 0 Å². The second-order valence-electron chi connectivity index (χ2n) is 8.57. The van der Waals surface area contributed by atoms with E-state index >= 15 is 0 Å². The molecule has 8 heteroatoms. The maximum Gasteiger partial charge on any atom is 0.251 e. The Morgan fingerprint density at radius 2 is 1.63 bits per heavy atom. The number of halogens is 2. The molecule has 0 radical (unpaired) electrons. The number of rotatable bonds is 4. The third kappa shape index (κ3) is 4.19. The van der Waals surface area contributed by atoms with E-state index in [1.165, 1.54) is 28.9 Å². The van der Waals surface area contributed by atoms with E-state index in [4.69, 9.17) is 0 Å². The van der Waals surface area contributed by atoms with Crippen LogP contribution in [-0.4, -0.2) is 27.6 Å². The Morgan fingerprint density at radius 1 is 0.971 bits per heavy atom. The van der Waals surface area contributed by atoms with Gasteiger partial charge in [-0.1, -0.05) is 29.8 Å².